The zero-order valence-corrected chi connectivity index (χ0v) is 17.3. The molecule has 154 valence electrons. The molecule has 1 aliphatic carbocycles. The fourth-order valence-electron chi connectivity index (χ4n) is 3.59. The third-order valence-corrected chi connectivity index (χ3v) is 6.57. The fraction of sp³-hybridized carbons (Fsp3) is 0.600. The number of anilines is 1. The number of nitrogens with one attached hydrogen (secondary N) is 2. The van der Waals surface area contributed by atoms with Gasteiger partial charge >= 0.3 is 0 Å². The first-order chi connectivity index (χ1) is 13.4. The summed E-state index contributed by atoms with van der Waals surface area (Å²) in [6.45, 7) is 5.14. The predicted octanol–water partition coefficient (Wildman–Crippen LogP) is 1.57. The lowest BCUT2D eigenvalue weighted by Crippen LogP contribution is -2.54. The molecule has 1 heterocycles. The molecule has 28 heavy (non-hydrogen) atoms. The van der Waals surface area contributed by atoms with Crippen molar-refractivity contribution in [1.29, 1.82) is 0 Å². The van der Waals surface area contributed by atoms with Crippen LogP contribution in [0.2, 0.25) is 0 Å². The van der Waals surface area contributed by atoms with Crippen LogP contribution >= 0.6 is 11.8 Å². The van der Waals surface area contributed by atoms with Gasteiger partial charge < -0.3 is 25.6 Å². The number of carbonyl (C=O) groups is 1. The van der Waals surface area contributed by atoms with Crippen molar-refractivity contribution < 1.29 is 19.7 Å². The van der Waals surface area contributed by atoms with E-state index in [-0.39, 0.29) is 17.6 Å². The highest BCUT2D eigenvalue weighted by atomic mass is 32.2. The third kappa shape index (κ3) is 4.68. The lowest BCUT2D eigenvalue weighted by molar-refractivity contribution is -0.129. The van der Waals surface area contributed by atoms with Gasteiger partial charge in [-0.2, -0.15) is 0 Å². The molecule has 0 aromatic heterocycles. The summed E-state index contributed by atoms with van der Waals surface area (Å²) >= 11 is 1.46. The number of nitrogens with zero attached hydrogens (tertiary/aromatic N) is 1. The monoisotopic (exact) mass is 407 g/mol. The quantitative estimate of drug-likeness (QED) is 0.534. The van der Waals surface area contributed by atoms with Gasteiger partial charge in [-0.3, -0.25) is 9.79 Å². The second-order valence-corrected chi connectivity index (χ2v) is 8.76. The molecule has 1 aliphatic heterocycles. The largest absolute Gasteiger partial charge is 0.390 e. The third-order valence-electron chi connectivity index (χ3n) is 5.26. The maximum Gasteiger partial charge on any atom is 0.224 e. The van der Waals surface area contributed by atoms with Gasteiger partial charge in [-0.25, -0.2) is 0 Å². The van der Waals surface area contributed by atoms with Gasteiger partial charge in [0.05, 0.1) is 24.7 Å². The standard InChI is InChI=1S/C20H29N3O4S/c1-11(2)12-4-6-13(7-5-12)22-20-23-16-17(25)15(24)10-14(18(16)28-20)19(26)21-8-9-27-3/h4-7,11,14-18,24-25H,8-10H2,1-3H3,(H,21,26)(H,22,23)/t14-,15+,16+,17-,18+/m0/s1. The van der Waals surface area contributed by atoms with E-state index in [0.29, 0.717) is 24.2 Å². The smallest absolute Gasteiger partial charge is 0.224 e. The fourth-order valence-corrected chi connectivity index (χ4v) is 4.97. The minimum atomic E-state index is -0.969. The van der Waals surface area contributed by atoms with Crippen molar-refractivity contribution in [2.75, 3.05) is 25.6 Å². The average Bonchev–Trinajstić information content (AvgIpc) is 3.09. The summed E-state index contributed by atoms with van der Waals surface area (Å²) in [5, 5.41) is 27.2. The molecule has 2 aliphatic rings. The minimum Gasteiger partial charge on any atom is -0.390 e. The number of aliphatic imine (C=N–C) groups is 1. The van der Waals surface area contributed by atoms with Crippen molar-refractivity contribution in [3.8, 4) is 0 Å². The summed E-state index contributed by atoms with van der Waals surface area (Å²) in [4.78, 5) is 17.2. The summed E-state index contributed by atoms with van der Waals surface area (Å²) < 4.78 is 4.97. The molecule has 1 aromatic rings. The van der Waals surface area contributed by atoms with E-state index < -0.39 is 24.2 Å². The SMILES string of the molecule is COCCNC(=O)[C@H]1C[C@@H](O)[C@H](O)[C@H]2N=C(Nc3ccc(C(C)C)cc3)S[C@@H]21. The molecule has 1 saturated carbocycles. The van der Waals surface area contributed by atoms with Crippen LogP contribution < -0.4 is 10.6 Å². The van der Waals surface area contributed by atoms with Gasteiger partial charge in [0.2, 0.25) is 5.91 Å². The molecule has 0 unspecified atom stereocenters. The second-order valence-electron chi connectivity index (χ2n) is 7.59. The van der Waals surface area contributed by atoms with Crippen LogP contribution in [-0.4, -0.2) is 65.0 Å². The van der Waals surface area contributed by atoms with Crippen molar-refractivity contribution in [2.45, 2.75) is 49.7 Å². The van der Waals surface area contributed by atoms with Crippen LogP contribution in [0.5, 0.6) is 0 Å². The van der Waals surface area contributed by atoms with Gasteiger partial charge in [0, 0.05) is 24.6 Å². The molecular formula is C20H29N3O4S. The number of hydrogen-bond donors (Lipinski definition) is 4. The maximum atomic E-state index is 12.6. The zero-order valence-electron chi connectivity index (χ0n) is 16.5. The van der Waals surface area contributed by atoms with Crippen molar-refractivity contribution in [2.24, 2.45) is 10.9 Å². The molecule has 5 atom stereocenters. The first-order valence-electron chi connectivity index (χ1n) is 9.65. The molecule has 0 spiro atoms. The zero-order chi connectivity index (χ0) is 20.3. The summed E-state index contributed by atoms with van der Waals surface area (Å²) in [7, 11) is 1.58. The Bertz CT molecular complexity index is 710. The summed E-state index contributed by atoms with van der Waals surface area (Å²) in [6, 6.07) is 7.64. The topological polar surface area (TPSA) is 103 Å². The van der Waals surface area contributed by atoms with Gasteiger partial charge in [-0.1, -0.05) is 37.7 Å². The Labute approximate surface area is 170 Å². The van der Waals surface area contributed by atoms with E-state index in [2.05, 4.69) is 41.6 Å². The molecule has 8 heteroatoms. The number of rotatable bonds is 6. The first-order valence-corrected chi connectivity index (χ1v) is 10.5. The number of ether oxygens (including phenoxy) is 1. The van der Waals surface area contributed by atoms with Crippen molar-refractivity contribution >= 4 is 28.5 Å². The maximum absolute atomic E-state index is 12.6. The van der Waals surface area contributed by atoms with Crippen molar-refractivity contribution in [1.82, 2.24) is 5.32 Å². The van der Waals surface area contributed by atoms with E-state index in [1.807, 2.05) is 12.1 Å². The lowest BCUT2D eigenvalue weighted by Gasteiger charge is -2.37. The van der Waals surface area contributed by atoms with E-state index in [0.717, 1.165) is 5.69 Å². The number of amides is 1. The van der Waals surface area contributed by atoms with E-state index in [9.17, 15) is 15.0 Å². The number of fused-ring (bicyclic) bond motifs is 1. The average molecular weight is 408 g/mol. The summed E-state index contributed by atoms with van der Waals surface area (Å²) in [5.41, 5.74) is 2.16. The Morgan fingerprint density at radius 1 is 1.32 bits per heavy atom. The lowest BCUT2D eigenvalue weighted by atomic mass is 9.81. The van der Waals surface area contributed by atoms with Crippen molar-refractivity contribution in [3.05, 3.63) is 29.8 Å². The molecule has 1 fully saturated rings. The molecule has 7 nitrogen and oxygen atoms in total. The number of carbonyl (C=O) groups excluding carboxylic acids is 1. The van der Waals surface area contributed by atoms with Gasteiger partial charge in [-0.05, 0) is 30.0 Å². The molecule has 3 rings (SSSR count). The Kier molecular flexibility index (Phi) is 6.98. The molecular weight excluding hydrogens is 378 g/mol. The Morgan fingerprint density at radius 3 is 2.68 bits per heavy atom. The second kappa shape index (κ2) is 9.26. The van der Waals surface area contributed by atoms with Crippen LogP contribution in [0, 0.1) is 5.92 Å². The molecule has 0 bridgehead atoms. The van der Waals surface area contributed by atoms with Crippen LogP contribution in [0.1, 0.15) is 31.7 Å². The molecule has 1 amide bonds. The van der Waals surface area contributed by atoms with Crippen LogP contribution in [0.4, 0.5) is 5.69 Å². The highest BCUT2D eigenvalue weighted by molar-refractivity contribution is 8.15. The number of hydrogen-bond acceptors (Lipinski definition) is 7. The van der Waals surface area contributed by atoms with Gasteiger partial charge in [0.15, 0.2) is 5.17 Å². The van der Waals surface area contributed by atoms with Crippen LogP contribution in [0.3, 0.4) is 0 Å². The van der Waals surface area contributed by atoms with Crippen LogP contribution in [0.15, 0.2) is 29.3 Å². The van der Waals surface area contributed by atoms with E-state index in [4.69, 9.17) is 4.74 Å². The Morgan fingerprint density at radius 2 is 2.04 bits per heavy atom. The van der Waals surface area contributed by atoms with E-state index in [1.54, 1.807) is 7.11 Å². The molecule has 0 saturated heterocycles. The van der Waals surface area contributed by atoms with E-state index in [1.165, 1.54) is 17.3 Å². The number of methoxy groups -OCH3 is 1. The summed E-state index contributed by atoms with van der Waals surface area (Å²) in [5.74, 6) is -0.0935. The van der Waals surface area contributed by atoms with Gasteiger partial charge in [-0.15, -0.1) is 0 Å². The molecule has 4 N–H and O–H groups in total. The molecule has 0 radical (unpaired) electrons. The highest BCUT2D eigenvalue weighted by Gasteiger charge is 2.50. The Balaban J connectivity index is 1.69. The van der Waals surface area contributed by atoms with Crippen molar-refractivity contribution in [3.63, 3.8) is 0 Å². The summed E-state index contributed by atoms with van der Waals surface area (Å²) in [6.07, 6.45) is -1.71. The number of thioether (sulfide) groups is 1. The number of aliphatic hydroxyl groups is 2. The van der Waals surface area contributed by atoms with Crippen LogP contribution in [0.25, 0.3) is 0 Å². The van der Waals surface area contributed by atoms with E-state index >= 15 is 0 Å². The first kappa shape index (κ1) is 21.1. The minimum absolute atomic E-state index is 0.136. The number of amidine groups is 1. The van der Waals surface area contributed by atoms with Gasteiger partial charge in [0.1, 0.15) is 6.10 Å². The number of benzene rings is 1. The normalized spacial score (nSPS) is 29.4. The predicted molar refractivity (Wildman–Crippen MR) is 112 cm³/mol. The Hall–Kier alpha value is -1.61. The molecule has 1 aromatic carbocycles. The van der Waals surface area contributed by atoms with Crippen LogP contribution in [-0.2, 0) is 9.53 Å². The highest BCUT2D eigenvalue weighted by Crippen LogP contribution is 2.41. The number of aliphatic hydroxyl groups excluding tert-OH is 2. The van der Waals surface area contributed by atoms with Gasteiger partial charge in [0.25, 0.3) is 0 Å².